The van der Waals surface area contributed by atoms with Gasteiger partial charge in [0.05, 0.1) is 11.4 Å². The summed E-state index contributed by atoms with van der Waals surface area (Å²) in [6.07, 6.45) is 3.68. The zero-order valence-electron chi connectivity index (χ0n) is 12.0. The summed E-state index contributed by atoms with van der Waals surface area (Å²) in [6, 6.07) is 14.3. The van der Waals surface area contributed by atoms with Gasteiger partial charge in [0.2, 0.25) is 0 Å². The fourth-order valence-corrected chi connectivity index (χ4v) is 2.57. The second-order valence-electron chi connectivity index (χ2n) is 5.05. The summed E-state index contributed by atoms with van der Waals surface area (Å²) in [5.41, 5.74) is 2.30. The lowest BCUT2D eigenvalue weighted by Gasteiger charge is -2.09. The molecule has 21 heavy (non-hydrogen) atoms. The second-order valence-corrected chi connectivity index (χ2v) is 5.05. The van der Waals surface area contributed by atoms with Gasteiger partial charge in [-0.2, -0.15) is 0 Å². The number of rotatable bonds is 5. The zero-order chi connectivity index (χ0) is 14.7. The lowest BCUT2D eigenvalue weighted by atomic mass is 10.1. The predicted molar refractivity (Wildman–Crippen MR) is 82.9 cm³/mol. The molecule has 3 rings (SSSR count). The van der Waals surface area contributed by atoms with Gasteiger partial charge in [-0.15, -0.1) is 5.10 Å². The van der Waals surface area contributed by atoms with Crippen LogP contribution < -0.4 is 0 Å². The van der Waals surface area contributed by atoms with E-state index in [4.69, 9.17) is 0 Å². The van der Waals surface area contributed by atoms with Crippen LogP contribution in [0.2, 0.25) is 0 Å². The van der Waals surface area contributed by atoms with Crippen LogP contribution in [-0.2, 0) is 6.42 Å². The lowest BCUT2D eigenvalue weighted by Crippen LogP contribution is -2.04. The van der Waals surface area contributed by atoms with Gasteiger partial charge in [0.25, 0.3) is 0 Å². The third kappa shape index (κ3) is 2.44. The quantitative estimate of drug-likeness (QED) is 0.671. The highest BCUT2D eigenvalue weighted by Crippen LogP contribution is 2.23. The van der Waals surface area contributed by atoms with E-state index >= 15 is 0 Å². The van der Waals surface area contributed by atoms with E-state index < -0.39 is 0 Å². The van der Waals surface area contributed by atoms with Gasteiger partial charge in [0.15, 0.2) is 6.29 Å². The number of carbonyl (C=O) groups excluding carboxylic acids is 1. The van der Waals surface area contributed by atoms with Crippen molar-refractivity contribution in [2.45, 2.75) is 26.2 Å². The predicted octanol–water partition coefficient (Wildman–Crippen LogP) is 3.58. The third-order valence-electron chi connectivity index (χ3n) is 3.67. The Balaban J connectivity index is 2.18. The molecule has 106 valence electrons. The number of aromatic nitrogens is 3. The Labute approximate surface area is 123 Å². The van der Waals surface area contributed by atoms with Gasteiger partial charge in [-0.1, -0.05) is 55.0 Å². The highest BCUT2D eigenvalue weighted by atomic mass is 16.1. The summed E-state index contributed by atoms with van der Waals surface area (Å²) < 4.78 is 1.81. The van der Waals surface area contributed by atoms with Crippen molar-refractivity contribution in [3.8, 4) is 5.69 Å². The average molecular weight is 279 g/mol. The van der Waals surface area contributed by atoms with Crippen molar-refractivity contribution in [3.05, 3.63) is 53.9 Å². The largest absolute Gasteiger partial charge is 0.296 e. The van der Waals surface area contributed by atoms with Crippen molar-refractivity contribution in [2.24, 2.45) is 0 Å². The zero-order valence-corrected chi connectivity index (χ0v) is 12.0. The van der Waals surface area contributed by atoms with E-state index in [1.165, 1.54) is 0 Å². The maximum Gasteiger partial charge on any atom is 0.172 e. The van der Waals surface area contributed by atoms with E-state index in [2.05, 4.69) is 35.4 Å². The number of benzene rings is 2. The minimum atomic E-state index is 0.441. The molecule has 2 aromatic carbocycles. The van der Waals surface area contributed by atoms with Gasteiger partial charge in [-0.25, -0.2) is 4.68 Å². The molecule has 0 amide bonds. The maximum atomic E-state index is 11.2. The van der Waals surface area contributed by atoms with E-state index in [0.29, 0.717) is 5.69 Å². The normalized spacial score (nSPS) is 10.9. The summed E-state index contributed by atoms with van der Waals surface area (Å²) >= 11 is 0. The Morgan fingerprint density at radius 3 is 2.76 bits per heavy atom. The molecule has 1 heterocycles. The van der Waals surface area contributed by atoms with Crippen LogP contribution in [0.4, 0.5) is 0 Å². The molecule has 0 unspecified atom stereocenters. The van der Waals surface area contributed by atoms with Crippen molar-refractivity contribution in [1.29, 1.82) is 0 Å². The molecule has 0 aliphatic heterocycles. The van der Waals surface area contributed by atoms with Crippen LogP contribution in [0.1, 0.15) is 35.9 Å². The Morgan fingerprint density at radius 1 is 1.14 bits per heavy atom. The molecule has 0 aliphatic carbocycles. The number of unbranched alkanes of at least 4 members (excludes halogenated alkanes) is 1. The maximum absolute atomic E-state index is 11.2. The van der Waals surface area contributed by atoms with Gasteiger partial charge in [0, 0.05) is 5.39 Å². The number of nitrogens with zero attached hydrogens (tertiary/aromatic N) is 3. The molecule has 3 aromatic rings. The van der Waals surface area contributed by atoms with E-state index in [0.717, 1.165) is 47.7 Å². The topological polar surface area (TPSA) is 47.8 Å². The molecule has 4 nitrogen and oxygen atoms in total. The molecule has 0 N–H and O–H groups in total. The van der Waals surface area contributed by atoms with Crippen molar-refractivity contribution in [3.63, 3.8) is 0 Å². The molecule has 0 aliphatic rings. The second kappa shape index (κ2) is 5.87. The van der Waals surface area contributed by atoms with Crippen LogP contribution in [0, 0.1) is 0 Å². The Kier molecular flexibility index (Phi) is 3.77. The molecule has 0 spiro atoms. The van der Waals surface area contributed by atoms with Gasteiger partial charge >= 0.3 is 0 Å². The van der Waals surface area contributed by atoms with Crippen molar-refractivity contribution >= 4 is 17.1 Å². The number of fused-ring (bicyclic) bond motifs is 1. The first-order valence-corrected chi connectivity index (χ1v) is 7.23. The van der Waals surface area contributed by atoms with E-state index in [1.807, 2.05) is 28.9 Å². The minimum absolute atomic E-state index is 0.441. The lowest BCUT2D eigenvalue weighted by molar-refractivity contribution is 0.111. The van der Waals surface area contributed by atoms with Crippen molar-refractivity contribution in [2.75, 3.05) is 0 Å². The SMILES string of the molecule is CCCCc1c(C=O)nnn1-c1cccc2ccccc12. The van der Waals surface area contributed by atoms with Crippen molar-refractivity contribution < 1.29 is 4.79 Å². The van der Waals surface area contributed by atoms with Crippen LogP contribution in [0.15, 0.2) is 42.5 Å². The summed E-state index contributed by atoms with van der Waals surface area (Å²) in [6.45, 7) is 2.13. The Hall–Kier alpha value is -2.49. The van der Waals surface area contributed by atoms with Crippen LogP contribution in [0.5, 0.6) is 0 Å². The molecule has 0 bridgehead atoms. The van der Waals surface area contributed by atoms with Crippen molar-refractivity contribution in [1.82, 2.24) is 15.0 Å². The van der Waals surface area contributed by atoms with Gasteiger partial charge in [-0.05, 0) is 24.3 Å². The molecule has 0 atom stereocenters. The van der Waals surface area contributed by atoms with E-state index in [-0.39, 0.29) is 0 Å². The average Bonchev–Trinajstić information content (AvgIpc) is 2.95. The fraction of sp³-hybridized carbons (Fsp3) is 0.235. The fourth-order valence-electron chi connectivity index (χ4n) is 2.57. The number of hydrogen-bond acceptors (Lipinski definition) is 3. The van der Waals surface area contributed by atoms with Gasteiger partial charge < -0.3 is 0 Å². The molecule has 0 fully saturated rings. The molecule has 0 saturated heterocycles. The number of carbonyl (C=O) groups is 1. The van der Waals surface area contributed by atoms with Crippen LogP contribution >= 0.6 is 0 Å². The van der Waals surface area contributed by atoms with Crippen LogP contribution in [0.3, 0.4) is 0 Å². The standard InChI is InChI=1S/C17H17N3O/c1-2-3-10-17-15(12-21)18-19-20(17)16-11-6-8-13-7-4-5-9-14(13)16/h4-9,11-12H,2-3,10H2,1H3. The van der Waals surface area contributed by atoms with Gasteiger partial charge in [-0.3, -0.25) is 4.79 Å². The van der Waals surface area contributed by atoms with Crippen LogP contribution in [0.25, 0.3) is 16.5 Å². The molecule has 4 heteroatoms. The Bertz CT molecular complexity index is 771. The van der Waals surface area contributed by atoms with Gasteiger partial charge in [0.1, 0.15) is 5.69 Å². The first-order valence-electron chi connectivity index (χ1n) is 7.23. The van der Waals surface area contributed by atoms with E-state index in [9.17, 15) is 4.79 Å². The smallest absolute Gasteiger partial charge is 0.172 e. The molecular formula is C17H17N3O. The summed E-state index contributed by atoms with van der Waals surface area (Å²) in [4.78, 5) is 11.2. The molecule has 1 aromatic heterocycles. The first-order chi connectivity index (χ1) is 10.3. The summed E-state index contributed by atoms with van der Waals surface area (Å²) in [5.74, 6) is 0. The third-order valence-corrected chi connectivity index (χ3v) is 3.67. The molecule has 0 saturated carbocycles. The monoisotopic (exact) mass is 279 g/mol. The summed E-state index contributed by atoms with van der Waals surface area (Å²) in [5, 5.41) is 10.5. The van der Waals surface area contributed by atoms with Crippen LogP contribution in [-0.4, -0.2) is 21.3 Å². The number of aldehydes is 1. The summed E-state index contributed by atoms with van der Waals surface area (Å²) in [7, 11) is 0. The molecular weight excluding hydrogens is 262 g/mol. The highest BCUT2D eigenvalue weighted by Gasteiger charge is 2.14. The first kappa shape index (κ1) is 13.5. The highest BCUT2D eigenvalue weighted by molar-refractivity contribution is 5.90. The molecule has 0 radical (unpaired) electrons. The van der Waals surface area contributed by atoms with E-state index in [1.54, 1.807) is 0 Å². The Morgan fingerprint density at radius 2 is 1.95 bits per heavy atom. The number of hydrogen-bond donors (Lipinski definition) is 0. The minimum Gasteiger partial charge on any atom is -0.296 e.